The molecule has 1 saturated heterocycles. The molecule has 8 heteroatoms. The molecular weight excluding hydrogens is 395 g/mol. The van der Waals surface area contributed by atoms with Crippen molar-refractivity contribution in [2.24, 2.45) is 0 Å². The topological polar surface area (TPSA) is 52.7 Å². The Hall–Kier alpha value is -3.03. The highest BCUT2D eigenvalue weighted by Gasteiger charge is 2.35. The van der Waals surface area contributed by atoms with E-state index in [0.29, 0.717) is 31.5 Å². The number of amides is 2. The van der Waals surface area contributed by atoms with E-state index in [-0.39, 0.29) is 17.5 Å². The summed E-state index contributed by atoms with van der Waals surface area (Å²) in [5.41, 5.74) is 0.245. The lowest BCUT2D eigenvalue weighted by molar-refractivity contribution is -0.137. The van der Waals surface area contributed by atoms with Crippen LogP contribution < -0.4 is 10.2 Å². The Morgan fingerprint density at radius 1 is 1.00 bits per heavy atom. The first-order valence-corrected chi connectivity index (χ1v) is 9.70. The van der Waals surface area contributed by atoms with Crippen LogP contribution in [0.4, 0.5) is 18.9 Å². The van der Waals surface area contributed by atoms with Crippen LogP contribution in [0, 0.1) is 0 Å². The average Bonchev–Trinajstić information content (AvgIpc) is 2.73. The fraction of sp³-hybridized carbons (Fsp3) is 0.364. The molecule has 1 heterocycles. The molecule has 0 aromatic heterocycles. The van der Waals surface area contributed by atoms with E-state index in [4.69, 9.17) is 0 Å². The maximum absolute atomic E-state index is 13.1. The number of likely N-dealkylation sites (tertiary alicyclic amines) is 1. The lowest BCUT2D eigenvalue weighted by Gasteiger charge is -2.32. The Morgan fingerprint density at radius 2 is 1.60 bits per heavy atom. The normalized spacial score (nSPS) is 15.0. The van der Waals surface area contributed by atoms with Gasteiger partial charge in [-0.3, -0.25) is 9.59 Å². The molecule has 160 valence electrons. The Bertz CT molecular complexity index is 903. The molecule has 0 radical (unpaired) electrons. The van der Waals surface area contributed by atoms with Gasteiger partial charge in [-0.25, -0.2) is 0 Å². The number of carbonyl (C=O) groups excluding carboxylic acids is 2. The number of halogens is 3. The van der Waals surface area contributed by atoms with Crippen LogP contribution in [0.15, 0.2) is 48.5 Å². The quantitative estimate of drug-likeness (QED) is 0.820. The van der Waals surface area contributed by atoms with E-state index in [2.05, 4.69) is 5.32 Å². The Balaban J connectivity index is 1.58. The van der Waals surface area contributed by atoms with Crippen molar-refractivity contribution in [2.45, 2.75) is 25.1 Å². The fourth-order valence-corrected chi connectivity index (χ4v) is 3.50. The molecule has 0 spiro atoms. The molecule has 0 saturated carbocycles. The van der Waals surface area contributed by atoms with Crippen molar-refractivity contribution >= 4 is 17.5 Å². The highest BCUT2D eigenvalue weighted by Crippen LogP contribution is 2.32. The molecule has 1 aliphatic rings. The van der Waals surface area contributed by atoms with E-state index in [9.17, 15) is 22.8 Å². The van der Waals surface area contributed by atoms with Crippen LogP contribution in [0.3, 0.4) is 0 Å². The second kappa shape index (κ2) is 8.77. The van der Waals surface area contributed by atoms with Crippen molar-refractivity contribution in [1.29, 1.82) is 0 Å². The van der Waals surface area contributed by atoms with Crippen molar-refractivity contribution < 1.29 is 22.8 Å². The smallest absolute Gasteiger partial charge is 0.378 e. The molecule has 2 amide bonds. The number of nitrogens with one attached hydrogen (secondary N) is 1. The first kappa shape index (κ1) is 21.7. The number of hydrogen-bond acceptors (Lipinski definition) is 3. The van der Waals surface area contributed by atoms with Gasteiger partial charge in [0.15, 0.2) is 0 Å². The molecule has 0 bridgehead atoms. The van der Waals surface area contributed by atoms with Gasteiger partial charge in [-0.05, 0) is 49.2 Å². The molecule has 3 rings (SSSR count). The number of hydrogen-bond donors (Lipinski definition) is 1. The number of piperidine rings is 1. The highest BCUT2D eigenvalue weighted by molar-refractivity contribution is 5.96. The van der Waals surface area contributed by atoms with E-state index in [1.165, 1.54) is 18.2 Å². The van der Waals surface area contributed by atoms with E-state index in [1.807, 2.05) is 31.1 Å². The number of rotatable bonds is 4. The average molecular weight is 419 g/mol. The van der Waals surface area contributed by atoms with Crippen LogP contribution in [0.2, 0.25) is 0 Å². The second-order valence-corrected chi connectivity index (χ2v) is 7.52. The van der Waals surface area contributed by atoms with Crippen LogP contribution in [-0.4, -0.2) is 49.9 Å². The molecule has 0 atom stereocenters. The third-order valence-electron chi connectivity index (χ3n) is 5.23. The van der Waals surface area contributed by atoms with E-state index in [1.54, 1.807) is 17.0 Å². The predicted molar refractivity (Wildman–Crippen MR) is 109 cm³/mol. The van der Waals surface area contributed by atoms with Crippen LogP contribution in [0.5, 0.6) is 0 Å². The van der Waals surface area contributed by atoms with Gasteiger partial charge < -0.3 is 15.1 Å². The lowest BCUT2D eigenvalue weighted by atomic mass is 10.0. The van der Waals surface area contributed by atoms with Gasteiger partial charge in [-0.1, -0.05) is 12.1 Å². The Kier molecular flexibility index (Phi) is 6.34. The number of nitrogens with zero attached hydrogens (tertiary/aromatic N) is 2. The second-order valence-electron chi connectivity index (χ2n) is 7.52. The summed E-state index contributed by atoms with van der Waals surface area (Å²) in [7, 11) is 3.84. The molecule has 1 aliphatic heterocycles. The van der Waals surface area contributed by atoms with Crippen LogP contribution >= 0.6 is 0 Å². The summed E-state index contributed by atoms with van der Waals surface area (Å²) in [5.74, 6) is -0.834. The van der Waals surface area contributed by atoms with Crippen molar-refractivity contribution in [2.75, 3.05) is 32.1 Å². The van der Waals surface area contributed by atoms with Crippen molar-refractivity contribution in [3.8, 4) is 0 Å². The first-order valence-electron chi connectivity index (χ1n) is 9.70. The van der Waals surface area contributed by atoms with Gasteiger partial charge in [-0.2, -0.15) is 13.2 Å². The van der Waals surface area contributed by atoms with Gasteiger partial charge in [0.2, 0.25) is 0 Å². The molecular formula is C22H24F3N3O2. The zero-order valence-electron chi connectivity index (χ0n) is 16.9. The molecule has 2 aromatic carbocycles. The van der Waals surface area contributed by atoms with Gasteiger partial charge >= 0.3 is 6.18 Å². The van der Waals surface area contributed by atoms with Gasteiger partial charge in [-0.15, -0.1) is 0 Å². The van der Waals surface area contributed by atoms with Gasteiger partial charge in [0.1, 0.15) is 0 Å². The van der Waals surface area contributed by atoms with Gasteiger partial charge in [0.05, 0.1) is 11.1 Å². The number of benzene rings is 2. The third-order valence-corrected chi connectivity index (χ3v) is 5.23. The van der Waals surface area contributed by atoms with E-state index in [0.717, 1.165) is 11.8 Å². The summed E-state index contributed by atoms with van der Waals surface area (Å²) in [5, 5.41) is 2.68. The summed E-state index contributed by atoms with van der Waals surface area (Å²) in [6.45, 7) is 0.861. The zero-order valence-corrected chi connectivity index (χ0v) is 16.9. The van der Waals surface area contributed by atoms with Crippen LogP contribution in [0.1, 0.15) is 39.1 Å². The standard InChI is InChI=1S/C22H24F3N3O2/c1-27(2)17-9-7-15(8-10-17)21(30)28-13-11-16(12-14-28)26-20(29)18-5-3-4-6-19(18)22(23,24)25/h3-10,16H,11-14H2,1-2H3,(H,26,29). The molecule has 5 nitrogen and oxygen atoms in total. The molecule has 0 aliphatic carbocycles. The summed E-state index contributed by atoms with van der Waals surface area (Å²) >= 11 is 0. The predicted octanol–water partition coefficient (Wildman–Crippen LogP) is 3.81. The van der Waals surface area contributed by atoms with Crippen LogP contribution in [-0.2, 0) is 6.18 Å². The molecule has 2 aromatic rings. The van der Waals surface area contributed by atoms with Gasteiger partial charge in [0, 0.05) is 44.5 Å². The summed E-state index contributed by atoms with van der Waals surface area (Å²) in [4.78, 5) is 28.7. The first-order chi connectivity index (χ1) is 14.2. The Labute approximate surface area is 173 Å². The lowest BCUT2D eigenvalue weighted by Crippen LogP contribution is -2.46. The minimum absolute atomic E-state index is 0.0903. The van der Waals surface area contributed by atoms with Crippen molar-refractivity contribution in [3.05, 3.63) is 65.2 Å². The van der Waals surface area contributed by atoms with Crippen LogP contribution in [0.25, 0.3) is 0 Å². The number of alkyl halides is 3. The molecule has 1 N–H and O–H groups in total. The molecule has 1 fully saturated rings. The monoisotopic (exact) mass is 419 g/mol. The number of carbonyl (C=O) groups is 2. The fourth-order valence-electron chi connectivity index (χ4n) is 3.50. The highest BCUT2D eigenvalue weighted by atomic mass is 19.4. The molecule has 0 unspecified atom stereocenters. The molecule has 30 heavy (non-hydrogen) atoms. The summed E-state index contributed by atoms with van der Waals surface area (Å²) in [6, 6.07) is 11.8. The minimum atomic E-state index is -4.59. The summed E-state index contributed by atoms with van der Waals surface area (Å²) < 4.78 is 39.4. The Morgan fingerprint density at radius 3 is 2.17 bits per heavy atom. The maximum Gasteiger partial charge on any atom is 0.417 e. The third kappa shape index (κ3) is 4.93. The SMILES string of the molecule is CN(C)c1ccc(C(=O)N2CCC(NC(=O)c3ccccc3C(F)(F)F)CC2)cc1. The van der Waals surface area contributed by atoms with E-state index < -0.39 is 17.6 Å². The van der Waals surface area contributed by atoms with Gasteiger partial charge in [0.25, 0.3) is 11.8 Å². The van der Waals surface area contributed by atoms with Crippen molar-refractivity contribution in [1.82, 2.24) is 10.2 Å². The summed E-state index contributed by atoms with van der Waals surface area (Å²) in [6.07, 6.45) is -3.62. The van der Waals surface area contributed by atoms with Crippen molar-refractivity contribution in [3.63, 3.8) is 0 Å². The van der Waals surface area contributed by atoms with E-state index >= 15 is 0 Å². The number of anilines is 1. The largest absolute Gasteiger partial charge is 0.417 e. The minimum Gasteiger partial charge on any atom is -0.378 e. The maximum atomic E-state index is 13.1. The zero-order chi connectivity index (χ0) is 21.9.